The molecule has 0 heterocycles. The molecule has 0 aliphatic carbocycles. The summed E-state index contributed by atoms with van der Waals surface area (Å²) < 4.78 is 27.9. The summed E-state index contributed by atoms with van der Waals surface area (Å²) in [7, 11) is -3.17. The molecular formula is C14H23NO4S. The predicted molar refractivity (Wildman–Crippen MR) is 79.8 cm³/mol. The normalized spacial score (nSPS) is 13.2. The Morgan fingerprint density at radius 1 is 1.30 bits per heavy atom. The van der Waals surface area contributed by atoms with Crippen LogP contribution in [0.15, 0.2) is 29.2 Å². The van der Waals surface area contributed by atoms with Crippen molar-refractivity contribution in [2.24, 2.45) is 0 Å². The van der Waals surface area contributed by atoms with Gasteiger partial charge in [0.2, 0.25) is 0 Å². The highest BCUT2D eigenvalue weighted by Gasteiger charge is 2.07. The molecule has 5 nitrogen and oxygen atoms in total. The molecular weight excluding hydrogens is 278 g/mol. The lowest BCUT2D eigenvalue weighted by molar-refractivity contribution is 0.0422. The summed E-state index contributed by atoms with van der Waals surface area (Å²) in [6.07, 6.45) is 2.66. The van der Waals surface area contributed by atoms with Crippen LogP contribution in [-0.2, 0) is 14.6 Å². The van der Waals surface area contributed by atoms with Crippen molar-refractivity contribution in [3.63, 3.8) is 0 Å². The maximum absolute atomic E-state index is 11.3. The molecule has 2 N–H and O–H groups in total. The fourth-order valence-electron chi connectivity index (χ4n) is 1.58. The largest absolute Gasteiger partial charge is 0.389 e. The van der Waals surface area contributed by atoms with Gasteiger partial charge in [-0.05, 0) is 30.7 Å². The van der Waals surface area contributed by atoms with Gasteiger partial charge in [0.25, 0.3) is 0 Å². The highest BCUT2D eigenvalue weighted by Crippen LogP contribution is 2.13. The summed E-state index contributed by atoms with van der Waals surface area (Å²) in [6, 6.07) is 6.45. The van der Waals surface area contributed by atoms with Crippen molar-refractivity contribution in [3.05, 3.63) is 24.3 Å². The lowest BCUT2D eigenvalue weighted by atomic mass is 10.3. The molecule has 0 radical (unpaired) electrons. The molecule has 0 amide bonds. The van der Waals surface area contributed by atoms with E-state index in [2.05, 4.69) is 12.2 Å². The van der Waals surface area contributed by atoms with Crippen LogP contribution in [0.4, 0.5) is 5.69 Å². The van der Waals surface area contributed by atoms with Gasteiger partial charge < -0.3 is 15.2 Å². The van der Waals surface area contributed by atoms with Crippen LogP contribution in [-0.4, -0.2) is 45.6 Å². The van der Waals surface area contributed by atoms with E-state index in [1.807, 2.05) is 0 Å². The van der Waals surface area contributed by atoms with Crippen LogP contribution in [0.2, 0.25) is 0 Å². The van der Waals surface area contributed by atoms with E-state index in [-0.39, 0.29) is 4.90 Å². The molecule has 0 bridgehead atoms. The summed E-state index contributed by atoms with van der Waals surface area (Å²) in [5, 5.41) is 12.7. The third-order valence-corrected chi connectivity index (χ3v) is 3.91. The topological polar surface area (TPSA) is 75.6 Å². The number of anilines is 1. The molecule has 1 rings (SSSR count). The lowest BCUT2D eigenvalue weighted by Crippen LogP contribution is -2.25. The van der Waals surface area contributed by atoms with Crippen molar-refractivity contribution in [1.29, 1.82) is 0 Å². The van der Waals surface area contributed by atoms with Gasteiger partial charge in [0.05, 0.1) is 17.6 Å². The fraction of sp³-hybridized carbons (Fsp3) is 0.571. The Morgan fingerprint density at radius 2 is 1.95 bits per heavy atom. The molecule has 1 atom stereocenters. The number of hydrogen-bond donors (Lipinski definition) is 2. The average molecular weight is 301 g/mol. The highest BCUT2D eigenvalue weighted by atomic mass is 32.2. The van der Waals surface area contributed by atoms with E-state index in [0.29, 0.717) is 19.8 Å². The van der Waals surface area contributed by atoms with E-state index in [1.165, 1.54) is 6.26 Å². The highest BCUT2D eigenvalue weighted by molar-refractivity contribution is 7.90. The van der Waals surface area contributed by atoms with Crippen molar-refractivity contribution in [1.82, 2.24) is 0 Å². The summed E-state index contributed by atoms with van der Waals surface area (Å²) in [5.41, 5.74) is 0.769. The zero-order chi connectivity index (χ0) is 15.0. The first-order valence-corrected chi connectivity index (χ1v) is 8.62. The van der Waals surface area contributed by atoms with Crippen LogP contribution in [0.5, 0.6) is 0 Å². The van der Waals surface area contributed by atoms with E-state index < -0.39 is 15.9 Å². The standard InChI is InChI=1S/C14H23NO4S/c1-3-4-9-19-11-13(16)10-15-12-5-7-14(8-6-12)20(2,17)18/h5-8,13,15-16H,3-4,9-11H2,1-2H3. The molecule has 0 saturated heterocycles. The van der Waals surface area contributed by atoms with Gasteiger partial charge in [0, 0.05) is 25.1 Å². The average Bonchev–Trinajstić information content (AvgIpc) is 2.41. The van der Waals surface area contributed by atoms with Gasteiger partial charge in [-0.15, -0.1) is 0 Å². The monoisotopic (exact) mass is 301 g/mol. The maximum Gasteiger partial charge on any atom is 0.175 e. The van der Waals surface area contributed by atoms with Gasteiger partial charge in [0.15, 0.2) is 9.84 Å². The van der Waals surface area contributed by atoms with E-state index >= 15 is 0 Å². The number of aliphatic hydroxyl groups is 1. The van der Waals surface area contributed by atoms with Gasteiger partial charge in [-0.1, -0.05) is 13.3 Å². The Bertz CT molecular complexity index is 484. The molecule has 114 valence electrons. The molecule has 1 aromatic rings. The molecule has 0 saturated carbocycles. The molecule has 6 heteroatoms. The van der Waals surface area contributed by atoms with E-state index in [9.17, 15) is 13.5 Å². The second-order valence-corrected chi connectivity index (χ2v) is 6.78. The Kier molecular flexibility index (Phi) is 6.98. The van der Waals surface area contributed by atoms with E-state index in [1.54, 1.807) is 24.3 Å². The second-order valence-electron chi connectivity index (χ2n) is 4.76. The van der Waals surface area contributed by atoms with Gasteiger partial charge in [0.1, 0.15) is 0 Å². The summed E-state index contributed by atoms with van der Waals surface area (Å²) >= 11 is 0. The van der Waals surface area contributed by atoms with Crippen molar-refractivity contribution < 1.29 is 18.3 Å². The molecule has 1 aromatic carbocycles. The number of benzene rings is 1. The Morgan fingerprint density at radius 3 is 2.50 bits per heavy atom. The molecule has 0 aliphatic rings. The van der Waals surface area contributed by atoms with Gasteiger partial charge in [-0.2, -0.15) is 0 Å². The SMILES string of the molecule is CCCCOCC(O)CNc1ccc(S(C)(=O)=O)cc1. The van der Waals surface area contributed by atoms with Gasteiger partial charge in [-0.25, -0.2) is 8.42 Å². The van der Waals surface area contributed by atoms with Crippen LogP contribution in [0, 0.1) is 0 Å². The zero-order valence-corrected chi connectivity index (χ0v) is 12.8. The van der Waals surface area contributed by atoms with E-state index in [4.69, 9.17) is 4.74 Å². The van der Waals surface area contributed by atoms with Crippen molar-refractivity contribution in [2.75, 3.05) is 31.3 Å². The Balaban J connectivity index is 2.35. The molecule has 0 aromatic heterocycles. The van der Waals surface area contributed by atoms with Crippen molar-refractivity contribution in [3.8, 4) is 0 Å². The number of aliphatic hydroxyl groups excluding tert-OH is 1. The second kappa shape index (κ2) is 8.24. The smallest absolute Gasteiger partial charge is 0.175 e. The zero-order valence-electron chi connectivity index (χ0n) is 12.0. The van der Waals surface area contributed by atoms with Crippen molar-refractivity contribution in [2.45, 2.75) is 30.8 Å². The molecule has 1 unspecified atom stereocenters. The number of hydrogen-bond acceptors (Lipinski definition) is 5. The Hall–Kier alpha value is -1.11. The Labute approximate surface area is 120 Å². The van der Waals surface area contributed by atoms with Crippen LogP contribution in [0.3, 0.4) is 0 Å². The van der Waals surface area contributed by atoms with Crippen LogP contribution in [0.1, 0.15) is 19.8 Å². The maximum atomic E-state index is 11.3. The summed E-state index contributed by atoms with van der Waals surface area (Å²) in [5.74, 6) is 0. The molecule has 0 spiro atoms. The minimum atomic E-state index is -3.17. The van der Waals surface area contributed by atoms with Crippen molar-refractivity contribution >= 4 is 15.5 Å². The predicted octanol–water partition coefficient (Wildman–Crippen LogP) is 1.68. The van der Waals surface area contributed by atoms with Crippen LogP contribution >= 0.6 is 0 Å². The first kappa shape index (κ1) is 16.9. The number of rotatable bonds is 9. The van der Waals surface area contributed by atoms with Gasteiger partial charge >= 0.3 is 0 Å². The van der Waals surface area contributed by atoms with Gasteiger partial charge in [-0.3, -0.25) is 0 Å². The van der Waals surface area contributed by atoms with E-state index in [0.717, 1.165) is 18.5 Å². The molecule has 0 fully saturated rings. The first-order valence-electron chi connectivity index (χ1n) is 6.73. The number of unbranched alkanes of at least 4 members (excludes halogenated alkanes) is 1. The number of ether oxygens (including phenoxy) is 1. The summed E-state index contributed by atoms with van der Waals surface area (Å²) in [4.78, 5) is 0.284. The number of nitrogens with one attached hydrogen (secondary N) is 1. The third-order valence-electron chi connectivity index (χ3n) is 2.78. The molecule has 20 heavy (non-hydrogen) atoms. The third kappa shape index (κ3) is 6.36. The minimum Gasteiger partial charge on any atom is -0.389 e. The first-order chi connectivity index (χ1) is 9.43. The van der Waals surface area contributed by atoms with Crippen LogP contribution in [0.25, 0.3) is 0 Å². The number of sulfone groups is 1. The summed E-state index contributed by atoms with van der Waals surface area (Å²) in [6.45, 7) is 3.41. The fourth-order valence-corrected chi connectivity index (χ4v) is 2.21. The molecule has 0 aliphatic heterocycles. The quantitative estimate of drug-likeness (QED) is 0.679. The van der Waals surface area contributed by atoms with Crippen LogP contribution < -0.4 is 5.32 Å². The lowest BCUT2D eigenvalue weighted by Gasteiger charge is -2.13. The minimum absolute atomic E-state index is 0.284.